The second-order valence-electron chi connectivity index (χ2n) is 8.64. The normalized spacial score (nSPS) is 14.4. The van der Waals surface area contributed by atoms with E-state index in [1.807, 2.05) is 32.0 Å². The number of ether oxygens (including phenoxy) is 2. The van der Waals surface area contributed by atoms with Gasteiger partial charge in [-0.05, 0) is 73.9 Å². The molecule has 1 N–H and O–H groups in total. The summed E-state index contributed by atoms with van der Waals surface area (Å²) in [4.78, 5) is 39.5. The number of carbonyl (C=O) groups excluding carboxylic acids is 3. The van der Waals surface area contributed by atoms with E-state index in [1.54, 1.807) is 48.5 Å². The van der Waals surface area contributed by atoms with Gasteiger partial charge in [0.25, 0.3) is 11.8 Å². The molecule has 3 aromatic rings. The van der Waals surface area contributed by atoms with Crippen LogP contribution in [0.3, 0.4) is 0 Å². The van der Waals surface area contributed by atoms with Crippen LogP contribution in [0.15, 0.2) is 78.9 Å². The summed E-state index contributed by atoms with van der Waals surface area (Å²) in [6, 6.07) is 16.9. The molecule has 0 atom stereocenters. The van der Waals surface area contributed by atoms with E-state index in [0.717, 1.165) is 21.6 Å². The molecule has 38 heavy (non-hydrogen) atoms. The van der Waals surface area contributed by atoms with Crippen molar-refractivity contribution in [3.63, 3.8) is 0 Å². The highest BCUT2D eigenvalue weighted by atomic mass is 35.5. The molecule has 1 aliphatic rings. The average Bonchev–Trinajstić information content (AvgIpc) is 2.88. The van der Waals surface area contributed by atoms with Crippen molar-refractivity contribution in [1.29, 1.82) is 0 Å². The Hall–Kier alpha value is -4.36. The summed E-state index contributed by atoms with van der Waals surface area (Å²) < 4.78 is 12.0. The number of allylic oxidation sites excluding steroid dienone is 1. The number of halogens is 1. The number of nitrogens with one attached hydrogen (secondary N) is 1. The fourth-order valence-electron chi connectivity index (χ4n) is 3.99. The van der Waals surface area contributed by atoms with Crippen molar-refractivity contribution in [3.05, 3.63) is 106 Å². The minimum Gasteiger partial charge on any atom is -0.490 e. The number of amides is 4. The molecule has 0 bridgehead atoms. The van der Waals surface area contributed by atoms with Gasteiger partial charge >= 0.3 is 6.03 Å². The van der Waals surface area contributed by atoms with Crippen LogP contribution in [0.4, 0.5) is 10.5 Å². The van der Waals surface area contributed by atoms with E-state index in [-0.39, 0.29) is 12.2 Å². The molecule has 0 aliphatic carbocycles. The Morgan fingerprint density at radius 3 is 2.37 bits per heavy atom. The maximum absolute atomic E-state index is 13.3. The maximum atomic E-state index is 13.3. The topological polar surface area (TPSA) is 84.9 Å². The van der Waals surface area contributed by atoms with Crippen molar-refractivity contribution in [2.24, 2.45) is 0 Å². The van der Waals surface area contributed by atoms with Crippen LogP contribution in [-0.2, 0) is 22.6 Å². The predicted molar refractivity (Wildman–Crippen MR) is 147 cm³/mol. The van der Waals surface area contributed by atoms with E-state index in [2.05, 4.69) is 11.9 Å². The standard InChI is InChI=1S/C30H27ClN2O5/c1-4-6-22-15-21(17-26(37-5-2)27(22)38-18-20-9-11-23(31)12-10-20)16-25-28(34)32-30(36)33(29(25)35)24-13-7-19(3)8-14-24/h4,7-17H,1,5-6,18H2,2-3H3,(H,32,34,36)/b25-16+. The first-order valence-corrected chi connectivity index (χ1v) is 12.4. The molecule has 0 saturated carbocycles. The summed E-state index contributed by atoms with van der Waals surface area (Å²) >= 11 is 5.99. The third kappa shape index (κ3) is 5.95. The predicted octanol–water partition coefficient (Wildman–Crippen LogP) is 6.02. The molecule has 194 valence electrons. The average molecular weight is 531 g/mol. The van der Waals surface area contributed by atoms with Crippen LogP contribution in [0.2, 0.25) is 5.02 Å². The number of rotatable bonds is 9. The quantitative estimate of drug-likeness (QED) is 0.208. The molecule has 0 spiro atoms. The number of urea groups is 1. The first-order valence-electron chi connectivity index (χ1n) is 12.1. The van der Waals surface area contributed by atoms with Gasteiger partial charge in [0, 0.05) is 10.6 Å². The van der Waals surface area contributed by atoms with E-state index in [1.165, 1.54) is 6.08 Å². The van der Waals surface area contributed by atoms with Gasteiger partial charge in [0.15, 0.2) is 11.5 Å². The highest BCUT2D eigenvalue weighted by Gasteiger charge is 2.36. The molecule has 8 heteroatoms. The van der Waals surface area contributed by atoms with Gasteiger partial charge in [-0.1, -0.05) is 47.5 Å². The SMILES string of the molecule is C=CCc1cc(/C=C2\C(=O)NC(=O)N(c3ccc(C)cc3)C2=O)cc(OCC)c1OCc1ccc(Cl)cc1. The summed E-state index contributed by atoms with van der Waals surface area (Å²) in [6.07, 6.45) is 3.64. The molecule has 1 saturated heterocycles. The van der Waals surface area contributed by atoms with Gasteiger partial charge in [-0.3, -0.25) is 14.9 Å². The summed E-state index contributed by atoms with van der Waals surface area (Å²) in [5.74, 6) is -0.480. The lowest BCUT2D eigenvalue weighted by molar-refractivity contribution is -0.122. The van der Waals surface area contributed by atoms with Crippen LogP contribution in [0, 0.1) is 6.92 Å². The van der Waals surface area contributed by atoms with Crippen molar-refractivity contribution >= 4 is 41.2 Å². The number of barbiturate groups is 1. The van der Waals surface area contributed by atoms with Crippen LogP contribution < -0.4 is 19.7 Å². The zero-order chi connectivity index (χ0) is 27.2. The first kappa shape index (κ1) is 26.7. The Kier molecular flexibility index (Phi) is 8.28. The summed E-state index contributed by atoms with van der Waals surface area (Å²) in [7, 11) is 0. The van der Waals surface area contributed by atoms with Gasteiger partial charge in [-0.25, -0.2) is 9.69 Å². The van der Waals surface area contributed by atoms with Gasteiger partial charge in [-0.2, -0.15) is 0 Å². The van der Waals surface area contributed by atoms with Crippen molar-refractivity contribution in [1.82, 2.24) is 5.32 Å². The number of aryl methyl sites for hydroxylation is 1. The van der Waals surface area contributed by atoms with Gasteiger partial charge in [0.1, 0.15) is 12.2 Å². The van der Waals surface area contributed by atoms with Gasteiger partial charge in [-0.15, -0.1) is 6.58 Å². The van der Waals surface area contributed by atoms with Crippen molar-refractivity contribution in [2.45, 2.75) is 26.9 Å². The summed E-state index contributed by atoms with van der Waals surface area (Å²) in [5, 5.41) is 2.89. The Morgan fingerprint density at radius 2 is 1.71 bits per heavy atom. The lowest BCUT2D eigenvalue weighted by atomic mass is 10.0. The number of imide groups is 2. The highest BCUT2D eigenvalue weighted by Crippen LogP contribution is 2.36. The third-order valence-corrected chi connectivity index (χ3v) is 6.07. The Morgan fingerprint density at radius 1 is 1.00 bits per heavy atom. The lowest BCUT2D eigenvalue weighted by Gasteiger charge is -2.26. The van der Waals surface area contributed by atoms with Crippen molar-refractivity contribution < 1.29 is 23.9 Å². The van der Waals surface area contributed by atoms with Crippen molar-refractivity contribution in [3.8, 4) is 11.5 Å². The number of carbonyl (C=O) groups is 3. The molecule has 4 amide bonds. The molecule has 4 rings (SSSR count). The molecule has 1 aliphatic heterocycles. The number of hydrogen-bond acceptors (Lipinski definition) is 5. The Labute approximate surface area is 226 Å². The maximum Gasteiger partial charge on any atom is 0.335 e. The van der Waals surface area contributed by atoms with E-state index < -0.39 is 17.8 Å². The number of hydrogen-bond donors (Lipinski definition) is 1. The zero-order valence-corrected chi connectivity index (χ0v) is 21.9. The molecule has 0 radical (unpaired) electrons. The van der Waals surface area contributed by atoms with E-state index >= 15 is 0 Å². The molecule has 0 aromatic heterocycles. The van der Waals surface area contributed by atoms with Gasteiger partial charge in [0.05, 0.1) is 12.3 Å². The number of nitrogens with zero attached hydrogens (tertiary/aromatic N) is 1. The van der Waals surface area contributed by atoms with Crippen LogP contribution >= 0.6 is 11.6 Å². The number of benzene rings is 3. The Bertz CT molecular complexity index is 1410. The summed E-state index contributed by atoms with van der Waals surface area (Å²) in [5.41, 5.74) is 3.40. The minimum atomic E-state index is -0.797. The first-order chi connectivity index (χ1) is 18.3. The number of anilines is 1. The zero-order valence-electron chi connectivity index (χ0n) is 21.1. The largest absolute Gasteiger partial charge is 0.490 e. The monoisotopic (exact) mass is 530 g/mol. The summed E-state index contributed by atoms with van der Waals surface area (Å²) in [6.45, 7) is 8.25. The second kappa shape index (κ2) is 11.8. The lowest BCUT2D eigenvalue weighted by Crippen LogP contribution is -2.54. The third-order valence-electron chi connectivity index (χ3n) is 5.82. The van der Waals surface area contributed by atoms with Crippen molar-refractivity contribution in [2.75, 3.05) is 11.5 Å². The fourth-order valence-corrected chi connectivity index (χ4v) is 4.12. The van der Waals surface area contributed by atoms with Gasteiger partial charge in [0.2, 0.25) is 0 Å². The van der Waals surface area contributed by atoms with E-state index in [4.69, 9.17) is 21.1 Å². The molecule has 1 heterocycles. The second-order valence-corrected chi connectivity index (χ2v) is 9.08. The van der Waals surface area contributed by atoms with E-state index in [0.29, 0.717) is 40.8 Å². The molecule has 1 fully saturated rings. The Balaban J connectivity index is 1.71. The van der Waals surface area contributed by atoms with Crippen LogP contribution in [-0.4, -0.2) is 24.5 Å². The fraction of sp³-hybridized carbons (Fsp3) is 0.167. The molecular weight excluding hydrogens is 504 g/mol. The molecular formula is C30H27ClN2O5. The highest BCUT2D eigenvalue weighted by molar-refractivity contribution is 6.39. The minimum absolute atomic E-state index is 0.174. The van der Waals surface area contributed by atoms with Crippen LogP contribution in [0.5, 0.6) is 11.5 Å². The smallest absolute Gasteiger partial charge is 0.335 e. The molecule has 0 unspecified atom stereocenters. The molecule has 3 aromatic carbocycles. The van der Waals surface area contributed by atoms with E-state index in [9.17, 15) is 14.4 Å². The van der Waals surface area contributed by atoms with Crippen LogP contribution in [0.1, 0.15) is 29.2 Å². The molecule has 7 nitrogen and oxygen atoms in total. The van der Waals surface area contributed by atoms with Crippen LogP contribution in [0.25, 0.3) is 6.08 Å². The van der Waals surface area contributed by atoms with Gasteiger partial charge < -0.3 is 9.47 Å².